The molecule has 2 aliphatic carbocycles. The number of hydrogen-bond donors (Lipinski definition) is 1. The number of aliphatic hydroxyl groups excluding tert-OH is 1. The van der Waals surface area contributed by atoms with Gasteiger partial charge in [0.1, 0.15) is 6.10 Å². The number of alkyl halides is 8. The molecule has 2 heterocycles. The van der Waals surface area contributed by atoms with Gasteiger partial charge >= 0.3 is 12.4 Å². The zero-order valence-corrected chi connectivity index (χ0v) is 20.4. The van der Waals surface area contributed by atoms with Gasteiger partial charge in [-0.15, -0.1) is 34.5 Å². The fourth-order valence-electron chi connectivity index (χ4n) is 4.52. The molecule has 0 saturated heterocycles. The average Bonchev–Trinajstić information content (AvgIpc) is 3.22. The first-order valence-corrected chi connectivity index (χ1v) is 12.7. The molecule has 0 amide bonds. The van der Waals surface area contributed by atoms with Crippen molar-refractivity contribution in [2.24, 2.45) is 10.9 Å². The summed E-state index contributed by atoms with van der Waals surface area (Å²) >= 11 is 13.9. The Labute approximate surface area is 212 Å². The van der Waals surface area contributed by atoms with E-state index in [1.807, 2.05) is 0 Å². The normalized spacial score (nSPS) is 28.4. The van der Waals surface area contributed by atoms with Crippen LogP contribution >= 0.6 is 34.5 Å². The quantitative estimate of drug-likeness (QED) is 0.294. The van der Waals surface area contributed by atoms with Crippen LogP contribution in [-0.4, -0.2) is 34.4 Å². The Morgan fingerprint density at radius 1 is 1.09 bits per heavy atom. The van der Waals surface area contributed by atoms with Crippen molar-refractivity contribution in [3.05, 3.63) is 63.0 Å². The van der Waals surface area contributed by atoms with Crippen LogP contribution in [0.2, 0.25) is 0 Å². The number of thiophene rings is 1. The van der Waals surface area contributed by atoms with Gasteiger partial charge in [0.2, 0.25) is 0 Å². The van der Waals surface area contributed by atoms with Gasteiger partial charge in [0.15, 0.2) is 0 Å². The monoisotopic (exact) mass is 555 g/mol. The minimum Gasteiger partial charge on any atom is -0.384 e. The molecule has 0 bridgehead atoms. The Kier molecular flexibility index (Phi) is 7.63. The number of aliphatic imine (C=N–C) groups is 1. The fraction of sp³-hybridized carbons (Fsp3) is 0.458. The van der Waals surface area contributed by atoms with E-state index in [1.54, 1.807) is 11.6 Å². The predicted octanol–water partition coefficient (Wildman–Crippen LogP) is 8.24. The van der Waals surface area contributed by atoms with Crippen LogP contribution in [0.4, 0.5) is 26.3 Å². The summed E-state index contributed by atoms with van der Waals surface area (Å²) in [5, 5.41) is 11.3. The molecule has 0 spiro atoms. The lowest BCUT2D eigenvalue weighted by Gasteiger charge is -2.29. The SMILES string of the molecule is OC(C1=CN=CCC1)c1c(C2C=C(C(F)(F)F)C=CC2Cl)csc1C1=CC(C(F)(F)F)CCC1Cl. The van der Waals surface area contributed by atoms with Crippen molar-refractivity contribution >= 4 is 46.3 Å². The van der Waals surface area contributed by atoms with Crippen molar-refractivity contribution < 1.29 is 31.4 Å². The van der Waals surface area contributed by atoms with Crippen LogP contribution in [-0.2, 0) is 0 Å². The molecule has 2 nitrogen and oxygen atoms in total. The van der Waals surface area contributed by atoms with Crippen LogP contribution in [0.5, 0.6) is 0 Å². The molecule has 0 saturated carbocycles. The molecule has 11 heteroatoms. The van der Waals surface area contributed by atoms with E-state index in [4.69, 9.17) is 23.2 Å². The van der Waals surface area contributed by atoms with Crippen LogP contribution in [0.3, 0.4) is 0 Å². The lowest BCUT2D eigenvalue weighted by atomic mass is 9.82. The summed E-state index contributed by atoms with van der Waals surface area (Å²) in [5.74, 6) is -2.64. The fourth-order valence-corrected chi connectivity index (χ4v) is 6.41. The Bertz CT molecular complexity index is 1110. The van der Waals surface area contributed by atoms with Gasteiger partial charge in [-0.3, -0.25) is 4.99 Å². The summed E-state index contributed by atoms with van der Waals surface area (Å²) in [6.07, 6.45) is -2.06. The van der Waals surface area contributed by atoms with Crippen molar-refractivity contribution in [3.63, 3.8) is 0 Å². The summed E-state index contributed by atoms with van der Waals surface area (Å²) in [4.78, 5) is 4.39. The van der Waals surface area contributed by atoms with Gasteiger partial charge in [-0.2, -0.15) is 26.3 Å². The summed E-state index contributed by atoms with van der Waals surface area (Å²) in [5.41, 5.74) is 0.432. The van der Waals surface area contributed by atoms with E-state index in [0.717, 1.165) is 29.6 Å². The van der Waals surface area contributed by atoms with E-state index in [9.17, 15) is 31.4 Å². The molecule has 3 aliphatic rings. The molecule has 5 atom stereocenters. The Morgan fingerprint density at radius 2 is 1.83 bits per heavy atom. The molecule has 0 fully saturated rings. The minimum absolute atomic E-state index is 0.0791. The number of nitrogens with zero attached hydrogens (tertiary/aromatic N) is 1. The first-order chi connectivity index (χ1) is 16.4. The highest BCUT2D eigenvalue weighted by molar-refractivity contribution is 7.11. The van der Waals surface area contributed by atoms with E-state index in [0.29, 0.717) is 28.9 Å². The van der Waals surface area contributed by atoms with Gasteiger partial charge in [0.05, 0.1) is 22.2 Å². The van der Waals surface area contributed by atoms with Crippen molar-refractivity contribution in [3.8, 4) is 0 Å². The summed E-state index contributed by atoms with van der Waals surface area (Å²) < 4.78 is 80.9. The zero-order valence-electron chi connectivity index (χ0n) is 18.1. The maximum atomic E-state index is 13.5. The zero-order chi connectivity index (χ0) is 25.5. The number of hydrogen-bond acceptors (Lipinski definition) is 3. The molecule has 4 rings (SSSR count). The first-order valence-electron chi connectivity index (χ1n) is 10.9. The highest BCUT2D eigenvalue weighted by atomic mass is 35.5. The van der Waals surface area contributed by atoms with Crippen LogP contribution in [0.1, 0.15) is 53.7 Å². The largest absolute Gasteiger partial charge is 0.416 e. The molecule has 35 heavy (non-hydrogen) atoms. The van der Waals surface area contributed by atoms with Crippen LogP contribution in [0.25, 0.3) is 5.57 Å². The second-order valence-corrected chi connectivity index (χ2v) is 10.6. The molecule has 0 aromatic carbocycles. The van der Waals surface area contributed by atoms with Gasteiger partial charge in [0.25, 0.3) is 0 Å². The molecule has 190 valence electrons. The third kappa shape index (κ3) is 5.58. The first kappa shape index (κ1) is 26.5. The number of allylic oxidation sites excluding steroid dienone is 6. The van der Waals surface area contributed by atoms with Gasteiger partial charge in [-0.05, 0) is 47.8 Å². The van der Waals surface area contributed by atoms with Crippen molar-refractivity contribution in [2.75, 3.05) is 0 Å². The highest BCUT2D eigenvalue weighted by Crippen LogP contribution is 2.49. The molecular formula is C24H21Cl2F6NOS. The molecular weight excluding hydrogens is 535 g/mol. The van der Waals surface area contributed by atoms with E-state index >= 15 is 0 Å². The Hall–Kier alpha value is -1.55. The topological polar surface area (TPSA) is 32.6 Å². The Balaban J connectivity index is 1.87. The van der Waals surface area contributed by atoms with Crippen LogP contribution < -0.4 is 0 Å². The van der Waals surface area contributed by atoms with Crippen molar-refractivity contribution in [1.29, 1.82) is 0 Å². The molecule has 1 aromatic heterocycles. The van der Waals surface area contributed by atoms with E-state index in [1.165, 1.54) is 12.3 Å². The summed E-state index contributed by atoms with van der Waals surface area (Å²) in [7, 11) is 0. The second kappa shape index (κ2) is 10.1. The average molecular weight is 556 g/mol. The highest BCUT2D eigenvalue weighted by Gasteiger charge is 2.43. The number of rotatable bonds is 4. The van der Waals surface area contributed by atoms with Gasteiger partial charge in [-0.25, -0.2) is 0 Å². The van der Waals surface area contributed by atoms with Gasteiger partial charge in [-0.1, -0.05) is 24.3 Å². The van der Waals surface area contributed by atoms with Crippen LogP contribution in [0.15, 0.2) is 52.0 Å². The summed E-state index contributed by atoms with van der Waals surface area (Å²) in [6.45, 7) is 0. The number of aliphatic hydroxyl groups is 1. The third-order valence-electron chi connectivity index (χ3n) is 6.37. The third-order valence-corrected chi connectivity index (χ3v) is 8.31. The molecule has 1 aromatic rings. The maximum Gasteiger partial charge on any atom is 0.416 e. The van der Waals surface area contributed by atoms with Crippen molar-refractivity contribution in [1.82, 2.24) is 0 Å². The predicted molar refractivity (Wildman–Crippen MR) is 127 cm³/mol. The minimum atomic E-state index is -4.60. The van der Waals surface area contributed by atoms with Gasteiger partial charge < -0.3 is 5.11 Å². The van der Waals surface area contributed by atoms with E-state index < -0.39 is 46.6 Å². The summed E-state index contributed by atoms with van der Waals surface area (Å²) in [6, 6.07) is 0. The number of halogens is 8. The molecule has 1 aliphatic heterocycles. The maximum absolute atomic E-state index is 13.5. The standard InChI is InChI=1S/C24H21Cl2F6NOS/c25-18-5-3-13(23(27,28)29)8-15(18)17-11-35-22(20(17)21(34)12-2-1-7-33-10-12)16-9-14(24(30,31)32)4-6-19(16)26/h3,5,7-11,14-15,18-19,21,34H,1-2,4,6H2. The van der Waals surface area contributed by atoms with Crippen molar-refractivity contribution in [2.45, 2.75) is 60.8 Å². The van der Waals surface area contributed by atoms with Crippen LogP contribution in [0, 0.1) is 5.92 Å². The second-order valence-electron chi connectivity index (χ2n) is 8.67. The van der Waals surface area contributed by atoms with E-state index in [-0.39, 0.29) is 24.0 Å². The van der Waals surface area contributed by atoms with E-state index in [2.05, 4.69) is 4.99 Å². The lowest BCUT2D eigenvalue weighted by molar-refractivity contribution is -0.163. The molecule has 0 radical (unpaired) electrons. The lowest BCUT2D eigenvalue weighted by Crippen LogP contribution is -2.26. The Morgan fingerprint density at radius 3 is 2.46 bits per heavy atom. The smallest absolute Gasteiger partial charge is 0.384 e. The van der Waals surface area contributed by atoms with Gasteiger partial charge in [0, 0.05) is 28.8 Å². The molecule has 5 unspecified atom stereocenters. The molecule has 1 N–H and O–H groups in total.